The Labute approximate surface area is 122 Å². The Balaban J connectivity index is 2.83. The Morgan fingerprint density at radius 3 is 2.29 bits per heavy atom. The normalized spacial score (nSPS) is 12.0. The molecule has 0 bridgehead atoms. The predicted molar refractivity (Wildman–Crippen MR) is 77.2 cm³/mol. The molecule has 110 valence electrons. The molecule has 0 atom stereocenters. The summed E-state index contributed by atoms with van der Waals surface area (Å²) in [6, 6.07) is 11.3. The highest BCUT2D eigenvalue weighted by atomic mass is 16.7. The van der Waals surface area contributed by atoms with E-state index in [1.807, 2.05) is 49.0 Å². The minimum absolute atomic E-state index is 0.375. The lowest BCUT2D eigenvalue weighted by molar-refractivity contribution is -0.162. The molecule has 0 N–H and O–H groups in total. The zero-order valence-corrected chi connectivity index (χ0v) is 12.5. The van der Waals surface area contributed by atoms with E-state index in [0.717, 1.165) is 16.1 Å². The molecule has 1 aromatic carbocycles. The van der Waals surface area contributed by atoms with Crippen LogP contribution in [0.4, 0.5) is 0 Å². The van der Waals surface area contributed by atoms with E-state index in [-0.39, 0.29) is 5.91 Å². The summed E-state index contributed by atoms with van der Waals surface area (Å²) < 4.78 is 4.69. The Bertz CT molecular complexity index is 754. The lowest BCUT2D eigenvalue weighted by Crippen LogP contribution is -2.40. The number of para-hydroxylation sites is 1. The van der Waals surface area contributed by atoms with Gasteiger partial charge in [0, 0.05) is 25.6 Å². The number of carbonyl (C=O) groups excluding carboxylic acids is 2. The average Bonchev–Trinajstić information content (AvgIpc) is 2.72. The van der Waals surface area contributed by atoms with Crippen molar-refractivity contribution >= 4 is 11.9 Å². The molecule has 0 aliphatic carbocycles. The summed E-state index contributed by atoms with van der Waals surface area (Å²) in [6.07, 6.45) is 0. The van der Waals surface area contributed by atoms with Gasteiger partial charge in [0.1, 0.15) is 0 Å². The first-order chi connectivity index (χ1) is 9.91. The van der Waals surface area contributed by atoms with Crippen molar-refractivity contribution in [2.45, 2.75) is 20.8 Å². The van der Waals surface area contributed by atoms with Gasteiger partial charge in [-0.3, -0.25) is 4.84 Å². The van der Waals surface area contributed by atoms with E-state index < -0.39 is 5.97 Å². The molecule has 6 heteroatoms. The molecule has 0 saturated carbocycles. The highest BCUT2D eigenvalue weighted by Crippen LogP contribution is 2.05. The summed E-state index contributed by atoms with van der Waals surface area (Å²) in [5.41, 5.74) is 2.26. The van der Waals surface area contributed by atoms with Crippen LogP contribution in [0.5, 0.6) is 0 Å². The van der Waals surface area contributed by atoms with Gasteiger partial charge in [0.25, 0.3) is 0 Å². The minimum atomic E-state index is -0.550. The molecule has 0 saturated heterocycles. The van der Waals surface area contributed by atoms with Crippen LogP contribution >= 0.6 is 0 Å². The fourth-order valence-corrected chi connectivity index (χ4v) is 2.07. The number of carbonyl (C=O) groups is 2. The van der Waals surface area contributed by atoms with Crippen LogP contribution in [0.25, 0.3) is 5.69 Å². The van der Waals surface area contributed by atoms with E-state index in [0.29, 0.717) is 5.49 Å². The Hall–Kier alpha value is -2.63. The van der Waals surface area contributed by atoms with Gasteiger partial charge in [-0.15, -0.1) is 4.68 Å². The molecule has 6 nitrogen and oxygen atoms in total. The van der Waals surface area contributed by atoms with Crippen LogP contribution in [0.15, 0.2) is 36.4 Å². The molecule has 2 rings (SSSR count). The molecule has 1 amide bonds. The summed E-state index contributed by atoms with van der Waals surface area (Å²) in [6.45, 7) is 4.52. The molecule has 0 aliphatic rings. The lowest BCUT2D eigenvalue weighted by Gasteiger charge is -2.04. The number of nitrogens with zero attached hydrogens (tertiary/aromatic N) is 3. The summed E-state index contributed by atoms with van der Waals surface area (Å²) in [5.74, 6) is -0.924. The van der Waals surface area contributed by atoms with Crippen molar-refractivity contribution < 1.29 is 14.4 Å². The fraction of sp³-hybridized carbons (Fsp3) is 0.267. The van der Waals surface area contributed by atoms with Crippen molar-refractivity contribution in [3.8, 4) is 5.69 Å². The predicted octanol–water partition coefficient (Wildman–Crippen LogP) is 0.921. The Kier molecular flexibility index (Phi) is 4.07. The summed E-state index contributed by atoms with van der Waals surface area (Å²) in [4.78, 5) is 28.1. The van der Waals surface area contributed by atoms with Gasteiger partial charge in [-0.1, -0.05) is 18.2 Å². The van der Waals surface area contributed by atoms with E-state index >= 15 is 0 Å². The zero-order valence-electron chi connectivity index (χ0n) is 12.5. The van der Waals surface area contributed by atoms with Gasteiger partial charge in [0.15, 0.2) is 5.69 Å². The Morgan fingerprint density at radius 2 is 1.76 bits per heavy atom. The smallest absolute Gasteiger partial charge is 0.254 e. The highest BCUT2D eigenvalue weighted by molar-refractivity contribution is 5.76. The second-order valence-corrected chi connectivity index (χ2v) is 4.71. The quantitative estimate of drug-likeness (QED) is 0.445. The van der Waals surface area contributed by atoms with Crippen molar-refractivity contribution in [2.75, 3.05) is 0 Å². The number of rotatable bonds is 1. The summed E-state index contributed by atoms with van der Waals surface area (Å²) >= 11 is 0. The van der Waals surface area contributed by atoms with Gasteiger partial charge in [0.2, 0.25) is 0 Å². The second kappa shape index (κ2) is 5.78. The maximum absolute atomic E-state index is 11.8. The SMILES string of the molecule is CC(=O)O[N+](C(C)=O)=c1cc(C)n(C)n1-c1ccccc1. The monoisotopic (exact) mass is 288 g/mol. The third kappa shape index (κ3) is 2.94. The number of hydrogen-bond donors (Lipinski definition) is 0. The molecular weight excluding hydrogens is 270 g/mol. The summed E-state index contributed by atoms with van der Waals surface area (Å²) in [7, 11) is 1.87. The van der Waals surface area contributed by atoms with Crippen molar-refractivity contribution in [2.24, 2.45) is 7.05 Å². The molecule has 21 heavy (non-hydrogen) atoms. The fourth-order valence-electron chi connectivity index (χ4n) is 2.07. The first kappa shape index (κ1) is 14.8. The molecule has 2 aromatic rings. The number of hydroxylamine groups is 1. The van der Waals surface area contributed by atoms with E-state index in [4.69, 9.17) is 4.84 Å². The second-order valence-electron chi connectivity index (χ2n) is 4.71. The van der Waals surface area contributed by atoms with E-state index in [1.54, 1.807) is 10.7 Å². The maximum atomic E-state index is 11.8. The van der Waals surface area contributed by atoms with Gasteiger partial charge in [-0.2, -0.15) is 0 Å². The minimum Gasteiger partial charge on any atom is -0.254 e. The van der Waals surface area contributed by atoms with Crippen molar-refractivity contribution in [3.05, 3.63) is 47.6 Å². The van der Waals surface area contributed by atoms with Crippen LogP contribution in [0, 0.1) is 6.92 Å². The molecule has 0 radical (unpaired) electrons. The first-order valence-corrected chi connectivity index (χ1v) is 6.55. The van der Waals surface area contributed by atoms with Crippen molar-refractivity contribution in [3.63, 3.8) is 0 Å². The zero-order chi connectivity index (χ0) is 15.6. The summed E-state index contributed by atoms with van der Waals surface area (Å²) in [5, 5.41) is 0. The Morgan fingerprint density at radius 1 is 1.14 bits per heavy atom. The lowest BCUT2D eigenvalue weighted by atomic mass is 10.3. The van der Waals surface area contributed by atoms with Crippen molar-refractivity contribution in [1.29, 1.82) is 0 Å². The van der Waals surface area contributed by atoms with Crippen molar-refractivity contribution in [1.82, 2.24) is 14.1 Å². The molecule has 1 aromatic heterocycles. The van der Waals surface area contributed by atoms with Crippen LogP contribution in [-0.4, -0.2) is 21.2 Å². The van der Waals surface area contributed by atoms with Crippen LogP contribution < -0.4 is 10.2 Å². The van der Waals surface area contributed by atoms with Crippen LogP contribution in [0.3, 0.4) is 0 Å². The standard InChI is InChI=1S/C15H18N3O3/c1-11-10-15(18(12(2)19)21-13(3)20)17(16(11)4)14-8-6-5-7-9-14/h5-10H,1-4H3/q+1. The molecular formula is C15H18N3O3+. The number of aryl methyl sites for hydroxylation is 1. The van der Waals surface area contributed by atoms with Gasteiger partial charge in [0.05, 0.1) is 11.8 Å². The molecule has 1 heterocycles. The molecule has 0 aliphatic heterocycles. The number of benzene rings is 1. The van der Waals surface area contributed by atoms with Gasteiger partial charge < -0.3 is 0 Å². The van der Waals surface area contributed by atoms with Gasteiger partial charge in [-0.05, 0) is 19.1 Å². The van der Waals surface area contributed by atoms with E-state index in [9.17, 15) is 9.59 Å². The van der Waals surface area contributed by atoms with Crippen LogP contribution in [-0.2, 0) is 21.5 Å². The van der Waals surface area contributed by atoms with E-state index in [2.05, 4.69) is 0 Å². The topological polar surface area (TPSA) is 56.2 Å². The van der Waals surface area contributed by atoms with Crippen LogP contribution in [0.2, 0.25) is 0 Å². The largest absolute Gasteiger partial charge is 0.355 e. The van der Waals surface area contributed by atoms with E-state index in [1.165, 1.54) is 13.8 Å². The number of amides is 1. The first-order valence-electron chi connectivity index (χ1n) is 6.55. The molecule has 0 spiro atoms. The number of aromatic nitrogens is 2. The third-order valence-electron chi connectivity index (χ3n) is 3.08. The molecule has 0 unspecified atom stereocenters. The highest BCUT2D eigenvalue weighted by Gasteiger charge is 2.21. The van der Waals surface area contributed by atoms with Crippen LogP contribution in [0.1, 0.15) is 19.5 Å². The molecule has 0 fully saturated rings. The maximum Gasteiger partial charge on any atom is 0.355 e. The number of hydrogen-bond acceptors (Lipinski definition) is 3. The van der Waals surface area contributed by atoms with Gasteiger partial charge in [-0.25, -0.2) is 14.3 Å². The third-order valence-corrected chi connectivity index (χ3v) is 3.08. The average molecular weight is 288 g/mol. The van der Waals surface area contributed by atoms with Gasteiger partial charge >= 0.3 is 17.4 Å².